The summed E-state index contributed by atoms with van der Waals surface area (Å²) in [6.45, 7) is 2.15. The van der Waals surface area contributed by atoms with E-state index in [9.17, 15) is 0 Å². The molecule has 1 aliphatic carbocycles. The zero-order chi connectivity index (χ0) is 14.7. The molecule has 1 unspecified atom stereocenters. The molecule has 2 aromatic heterocycles. The van der Waals surface area contributed by atoms with E-state index in [0.29, 0.717) is 0 Å². The lowest BCUT2D eigenvalue weighted by Gasteiger charge is -2.13. The Morgan fingerprint density at radius 3 is 2.86 bits per heavy atom. The highest BCUT2D eigenvalue weighted by atomic mass is 32.1. The number of aryl methyl sites for hydroxylation is 3. The van der Waals surface area contributed by atoms with Crippen LogP contribution in [0.4, 0.5) is 0 Å². The van der Waals surface area contributed by atoms with E-state index in [0.717, 1.165) is 18.5 Å². The van der Waals surface area contributed by atoms with Gasteiger partial charge in [-0.1, -0.05) is 13.0 Å². The molecule has 0 bridgehead atoms. The molecule has 0 radical (unpaired) electrons. The lowest BCUT2D eigenvalue weighted by atomic mass is 9.98. The van der Waals surface area contributed by atoms with Crippen molar-refractivity contribution in [1.29, 1.82) is 0 Å². The topological polar surface area (TPSA) is 50.9 Å². The summed E-state index contributed by atoms with van der Waals surface area (Å²) in [6, 6.07) is 6.80. The number of nitrogens with one attached hydrogen (secondary N) is 1. The van der Waals surface area contributed by atoms with Crippen LogP contribution in [0.2, 0.25) is 0 Å². The van der Waals surface area contributed by atoms with Crippen molar-refractivity contribution in [2.45, 2.75) is 51.5 Å². The number of fused-ring (bicyclic) bond motifs is 1. The van der Waals surface area contributed by atoms with Gasteiger partial charge in [0.15, 0.2) is 0 Å². The SMILES string of the molecule is CCc1ccc(CC(NN)c2cc3c(s2)CCCC3)nc1. The molecule has 3 rings (SSSR count). The van der Waals surface area contributed by atoms with Crippen molar-refractivity contribution in [1.82, 2.24) is 10.4 Å². The number of pyridine rings is 1. The number of hydrogen-bond acceptors (Lipinski definition) is 4. The van der Waals surface area contributed by atoms with Gasteiger partial charge in [0, 0.05) is 28.1 Å². The van der Waals surface area contributed by atoms with Crippen LogP contribution in [0.5, 0.6) is 0 Å². The lowest BCUT2D eigenvalue weighted by molar-refractivity contribution is 0.554. The van der Waals surface area contributed by atoms with Crippen molar-refractivity contribution in [2.24, 2.45) is 5.84 Å². The Hall–Kier alpha value is -1.23. The minimum absolute atomic E-state index is 0.167. The molecule has 3 nitrogen and oxygen atoms in total. The Bertz CT molecular complexity index is 565. The first-order valence-corrected chi connectivity index (χ1v) is 8.63. The number of thiophene rings is 1. The van der Waals surface area contributed by atoms with Gasteiger partial charge in [-0.15, -0.1) is 11.3 Å². The fourth-order valence-corrected chi connectivity index (χ4v) is 4.24. The normalized spacial score (nSPS) is 15.7. The molecule has 112 valence electrons. The summed E-state index contributed by atoms with van der Waals surface area (Å²) in [5.74, 6) is 5.80. The van der Waals surface area contributed by atoms with Gasteiger partial charge >= 0.3 is 0 Å². The second kappa shape index (κ2) is 6.69. The number of hydrogen-bond donors (Lipinski definition) is 2. The fraction of sp³-hybridized carbons (Fsp3) is 0.471. The Labute approximate surface area is 130 Å². The largest absolute Gasteiger partial charge is 0.271 e. The van der Waals surface area contributed by atoms with Gasteiger partial charge in [0.25, 0.3) is 0 Å². The highest BCUT2D eigenvalue weighted by Gasteiger charge is 2.19. The Morgan fingerprint density at radius 2 is 2.19 bits per heavy atom. The third-order valence-corrected chi connectivity index (χ3v) is 5.62. The van der Waals surface area contributed by atoms with Gasteiger partial charge in [0.05, 0.1) is 6.04 Å². The zero-order valence-corrected chi connectivity index (χ0v) is 13.4. The van der Waals surface area contributed by atoms with E-state index in [1.165, 1.54) is 41.7 Å². The number of hydrazine groups is 1. The van der Waals surface area contributed by atoms with Gasteiger partial charge in [0.2, 0.25) is 0 Å². The second-order valence-electron chi connectivity index (χ2n) is 5.74. The number of nitrogens with zero attached hydrogens (tertiary/aromatic N) is 1. The van der Waals surface area contributed by atoms with Gasteiger partial charge in [-0.2, -0.15) is 0 Å². The number of nitrogens with two attached hydrogens (primary N) is 1. The zero-order valence-electron chi connectivity index (χ0n) is 12.6. The van der Waals surface area contributed by atoms with E-state index in [1.54, 1.807) is 4.88 Å². The van der Waals surface area contributed by atoms with Crippen molar-refractivity contribution in [3.8, 4) is 0 Å². The molecule has 1 atom stereocenters. The summed E-state index contributed by atoms with van der Waals surface area (Å²) >= 11 is 1.92. The molecule has 2 aromatic rings. The molecule has 3 N–H and O–H groups in total. The van der Waals surface area contributed by atoms with Crippen molar-refractivity contribution in [2.75, 3.05) is 0 Å². The highest BCUT2D eigenvalue weighted by Crippen LogP contribution is 2.33. The van der Waals surface area contributed by atoms with Crippen LogP contribution in [0.25, 0.3) is 0 Å². The maximum absolute atomic E-state index is 5.80. The van der Waals surface area contributed by atoms with Crippen LogP contribution >= 0.6 is 11.3 Å². The quantitative estimate of drug-likeness (QED) is 0.658. The van der Waals surface area contributed by atoms with Crippen molar-refractivity contribution >= 4 is 11.3 Å². The molecule has 0 saturated carbocycles. The second-order valence-corrected chi connectivity index (χ2v) is 6.91. The van der Waals surface area contributed by atoms with Gasteiger partial charge in [0.1, 0.15) is 0 Å². The third-order valence-electron chi connectivity index (χ3n) is 4.27. The summed E-state index contributed by atoms with van der Waals surface area (Å²) < 4.78 is 0. The molecule has 4 heteroatoms. The smallest absolute Gasteiger partial charge is 0.0608 e. The van der Waals surface area contributed by atoms with Crippen LogP contribution in [0.15, 0.2) is 24.4 Å². The van der Waals surface area contributed by atoms with Crippen LogP contribution in [0.3, 0.4) is 0 Å². The van der Waals surface area contributed by atoms with Gasteiger partial charge in [-0.05, 0) is 55.4 Å². The minimum atomic E-state index is 0.167. The standard InChI is InChI=1S/C17H23N3S/c1-2-12-7-8-14(19-11-12)10-15(20-18)17-9-13-5-3-4-6-16(13)21-17/h7-9,11,15,20H,2-6,10,18H2,1H3. The van der Waals surface area contributed by atoms with E-state index in [4.69, 9.17) is 5.84 Å². The number of rotatable bonds is 5. The predicted octanol–water partition coefficient (Wildman–Crippen LogP) is 3.33. The molecular formula is C17H23N3S. The average molecular weight is 301 g/mol. The first kappa shape index (κ1) is 14.7. The molecule has 1 aliphatic rings. The first-order valence-electron chi connectivity index (χ1n) is 7.81. The summed E-state index contributed by atoms with van der Waals surface area (Å²) in [5.41, 5.74) is 6.89. The molecule has 21 heavy (non-hydrogen) atoms. The van der Waals surface area contributed by atoms with Crippen molar-refractivity contribution in [3.05, 3.63) is 51.0 Å². The summed E-state index contributed by atoms with van der Waals surface area (Å²) in [7, 11) is 0. The van der Waals surface area contributed by atoms with Crippen LogP contribution in [0.1, 0.15) is 52.4 Å². The summed E-state index contributed by atoms with van der Waals surface area (Å²) in [5, 5.41) is 0. The van der Waals surface area contributed by atoms with Gasteiger partial charge < -0.3 is 0 Å². The van der Waals surface area contributed by atoms with Crippen LogP contribution < -0.4 is 11.3 Å². The first-order chi connectivity index (χ1) is 10.3. The van der Waals surface area contributed by atoms with E-state index in [-0.39, 0.29) is 6.04 Å². The molecule has 0 saturated heterocycles. The van der Waals surface area contributed by atoms with Gasteiger partial charge in [-0.25, -0.2) is 0 Å². The fourth-order valence-electron chi connectivity index (χ4n) is 2.92. The summed E-state index contributed by atoms with van der Waals surface area (Å²) in [6.07, 6.45) is 8.97. The average Bonchev–Trinajstić information content (AvgIpc) is 2.97. The van der Waals surface area contributed by atoms with E-state index in [1.807, 2.05) is 17.5 Å². The Balaban J connectivity index is 1.76. The molecular weight excluding hydrogens is 278 g/mol. The van der Waals surface area contributed by atoms with Crippen molar-refractivity contribution < 1.29 is 0 Å². The molecule has 0 fully saturated rings. The third kappa shape index (κ3) is 3.34. The maximum atomic E-state index is 5.80. The highest BCUT2D eigenvalue weighted by molar-refractivity contribution is 7.12. The summed E-state index contributed by atoms with van der Waals surface area (Å²) in [4.78, 5) is 7.47. The molecule has 0 aromatic carbocycles. The molecule has 0 amide bonds. The van der Waals surface area contributed by atoms with Gasteiger partial charge in [-0.3, -0.25) is 16.3 Å². The van der Waals surface area contributed by atoms with E-state index >= 15 is 0 Å². The van der Waals surface area contributed by atoms with Crippen LogP contribution in [-0.2, 0) is 25.7 Å². The van der Waals surface area contributed by atoms with Crippen molar-refractivity contribution in [3.63, 3.8) is 0 Å². The molecule has 2 heterocycles. The Morgan fingerprint density at radius 1 is 1.33 bits per heavy atom. The van der Waals surface area contributed by atoms with E-state index in [2.05, 4.69) is 35.5 Å². The van der Waals surface area contributed by atoms with E-state index < -0.39 is 0 Å². The monoisotopic (exact) mass is 301 g/mol. The van der Waals surface area contributed by atoms with Crippen LogP contribution in [-0.4, -0.2) is 4.98 Å². The minimum Gasteiger partial charge on any atom is -0.271 e. The van der Waals surface area contributed by atoms with Crippen LogP contribution in [0, 0.1) is 0 Å². The molecule has 0 spiro atoms. The molecule has 0 aliphatic heterocycles. The Kier molecular flexibility index (Phi) is 4.68. The predicted molar refractivity (Wildman–Crippen MR) is 88.3 cm³/mol. The maximum Gasteiger partial charge on any atom is 0.0608 e. The number of aromatic nitrogens is 1. The lowest BCUT2D eigenvalue weighted by Crippen LogP contribution is -2.29.